The molecule has 0 saturated heterocycles. The maximum absolute atomic E-state index is 14.5. The van der Waals surface area contributed by atoms with Gasteiger partial charge in [0, 0.05) is 36.0 Å². The molecule has 150 valence electrons. The number of alkyl halides is 1. The molecule has 1 saturated carbocycles. The largest absolute Gasteiger partial charge is 0.474 e. The zero-order valence-corrected chi connectivity index (χ0v) is 16.7. The lowest BCUT2D eigenvalue weighted by Crippen LogP contribution is -2.25. The number of halogens is 2. The van der Waals surface area contributed by atoms with Crippen LogP contribution >= 0.6 is 11.6 Å². The van der Waals surface area contributed by atoms with E-state index in [-0.39, 0.29) is 18.4 Å². The standard InChI is InChI=1S/C22H22ClFN4O/c23-16-6-9-19-15(11-16)12-17(24)13-20-26-27-22(28(19)20)14-4-7-18(8-5-14)29-21-3-1-2-10-25-21/h1-3,6,9-11,14,17-18H,4-5,7-8,12-13H2. The van der Waals surface area contributed by atoms with E-state index < -0.39 is 6.17 Å². The van der Waals surface area contributed by atoms with Crippen LogP contribution in [0.2, 0.25) is 5.02 Å². The molecule has 0 bridgehead atoms. The Labute approximate surface area is 173 Å². The van der Waals surface area contributed by atoms with Gasteiger partial charge >= 0.3 is 0 Å². The Balaban J connectivity index is 1.38. The van der Waals surface area contributed by atoms with Crippen molar-refractivity contribution in [1.29, 1.82) is 0 Å². The van der Waals surface area contributed by atoms with Gasteiger partial charge in [-0.2, -0.15) is 0 Å². The number of hydrogen-bond donors (Lipinski definition) is 0. The summed E-state index contributed by atoms with van der Waals surface area (Å²) in [5.41, 5.74) is 1.87. The van der Waals surface area contributed by atoms with Gasteiger partial charge in [-0.1, -0.05) is 17.7 Å². The van der Waals surface area contributed by atoms with Crippen molar-refractivity contribution < 1.29 is 9.13 Å². The van der Waals surface area contributed by atoms with E-state index in [2.05, 4.69) is 19.7 Å². The number of fused-ring (bicyclic) bond motifs is 3. The minimum Gasteiger partial charge on any atom is -0.474 e. The molecule has 3 heterocycles. The van der Waals surface area contributed by atoms with Crippen molar-refractivity contribution in [3.8, 4) is 11.6 Å². The van der Waals surface area contributed by atoms with Crippen LogP contribution in [0.15, 0.2) is 42.6 Å². The summed E-state index contributed by atoms with van der Waals surface area (Å²) >= 11 is 6.17. The molecule has 0 spiro atoms. The van der Waals surface area contributed by atoms with Crippen molar-refractivity contribution in [3.05, 3.63) is 64.8 Å². The highest BCUT2D eigenvalue weighted by atomic mass is 35.5. The van der Waals surface area contributed by atoms with E-state index in [0.717, 1.165) is 42.8 Å². The summed E-state index contributed by atoms with van der Waals surface area (Å²) in [6, 6.07) is 11.4. The molecule has 3 aromatic rings. The Morgan fingerprint density at radius 2 is 1.90 bits per heavy atom. The quantitative estimate of drug-likeness (QED) is 0.616. The summed E-state index contributed by atoms with van der Waals surface area (Å²) in [5.74, 6) is 2.57. The van der Waals surface area contributed by atoms with E-state index in [1.165, 1.54) is 0 Å². The third kappa shape index (κ3) is 3.73. The minimum absolute atomic E-state index is 0.161. The second kappa shape index (κ2) is 7.75. The molecule has 7 heteroatoms. The fourth-order valence-electron chi connectivity index (χ4n) is 4.46. The first kappa shape index (κ1) is 18.6. The van der Waals surface area contributed by atoms with Gasteiger partial charge in [0.1, 0.15) is 23.9 Å². The predicted molar refractivity (Wildman–Crippen MR) is 109 cm³/mol. The van der Waals surface area contributed by atoms with Gasteiger partial charge in [0.05, 0.1) is 5.69 Å². The summed E-state index contributed by atoms with van der Waals surface area (Å²) in [6.45, 7) is 0. The topological polar surface area (TPSA) is 52.8 Å². The molecule has 1 aliphatic heterocycles. The number of pyridine rings is 1. The Hall–Kier alpha value is -2.47. The third-order valence-corrected chi connectivity index (χ3v) is 6.08. The van der Waals surface area contributed by atoms with Crippen molar-refractivity contribution in [2.75, 3.05) is 0 Å². The van der Waals surface area contributed by atoms with Gasteiger partial charge in [-0.25, -0.2) is 9.37 Å². The molecule has 1 fully saturated rings. The Morgan fingerprint density at radius 3 is 2.69 bits per heavy atom. The Morgan fingerprint density at radius 1 is 1.03 bits per heavy atom. The number of ether oxygens (including phenoxy) is 1. The van der Waals surface area contributed by atoms with Crippen LogP contribution < -0.4 is 4.74 Å². The maximum atomic E-state index is 14.5. The molecule has 1 atom stereocenters. The van der Waals surface area contributed by atoms with E-state index >= 15 is 0 Å². The van der Waals surface area contributed by atoms with E-state index in [4.69, 9.17) is 16.3 Å². The molecule has 1 aromatic carbocycles. The van der Waals surface area contributed by atoms with Crippen molar-refractivity contribution in [3.63, 3.8) is 0 Å². The zero-order chi connectivity index (χ0) is 19.8. The monoisotopic (exact) mass is 412 g/mol. The minimum atomic E-state index is -0.979. The first-order chi connectivity index (χ1) is 14.2. The fourth-order valence-corrected chi connectivity index (χ4v) is 4.66. The molecule has 1 unspecified atom stereocenters. The van der Waals surface area contributed by atoms with Crippen LogP contribution in [0.3, 0.4) is 0 Å². The molecular weight excluding hydrogens is 391 g/mol. The number of aromatic nitrogens is 4. The summed E-state index contributed by atoms with van der Waals surface area (Å²) in [6.07, 6.45) is 5.33. The maximum Gasteiger partial charge on any atom is 0.213 e. The van der Waals surface area contributed by atoms with Gasteiger partial charge in [-0.15, -0.1) is 10.2 Å². The van der Waals surface area contributed by atoms with Crippen LogP contribution in [-0.4, -0.2) is 32.0 Å². The van der Waals surface area contributed by atoms with Gasteiger partial charge in [0.15, 0.2) is 0 Å². The predicted octanol–water partition coefficient (Wildman–Crippen LogP) is 4.86. The number of nitrogens with zero attached hydrogens (tertiary/aromatic N) is 4. The zero-order valence-electron chi connectivity index (χ0n) is 16.0. The second-order valence-electron chi connectivity index (χ2n) is 7.85. The second-order valence-corrected chi connectivity index (χ2v) is 8.28. The first-order valence-electron chi connectivity index (χ1n) is 10.1. The molecule has 0 amide bonds. The van der Waals surface area contributed by atoms with Crippen LogP contribution in [0.5, 0.6) is 5.88 Å². The van der Waals surface area contributed by atoms with Crippen LogP contribution in [0, 0.1) is 0 Å². The van der Waals surface area contributed by atoms with Gasteiger partial charge < -0.3 is 4.74 Å². The highest BCUT2D eigenvalue weighted by Gasteiger charge is 2.31. The molecular formula is C22H22ClFN4O. The van der Waals surface area contributed by atoms with Crippen LogP contribution in [0.4, 0.5) is 4.39 Å². The molecule has 1 aliphatic carbocycles. The molecule has 29 heavy (non-hydrogen) atoms. The molecule has 0 radical (unpaired) electrons. The van der Waals surface area contributed by atoms with E-state index in [9.17, 15) is 4.39 Å². The van der Waals surface area contributed by atoms with Crippen molar-refractivity contribution in [2.24, 2.45) is 0 Å². The van der Waals surface area contributed by atoms with Gasteiger partial charge in [0.25, 0.3) is 0 Å². The normalized spacial score (nSPS) is 23.7. The van der Waals surface area contributed by atoms with Gasteiger partial charge in [0.2, 0.25) is 5.88 Å². The lowest BCUT2D eigenvalue weighted by atomic mass is 9.86. The molecule has 5 rings (SSSR count). The van der Waals surface area contributed by atoms with E-state index in [0.29, 0.717) is 23.1 Å². The summed E-state index contributed by atoms with van der Waals surface area (Å²) in [5, 5.41) is 9.46. The summed E-state index contributed by atoms with van der Waals surface area (Å²) < 4.78 is 22.6. The van der Waals surface area contributed by atoms with Gasteiger partial charge in [-0.3, -0.25) is 4.57 Å². The average molecular weight is 413 g/mol. The molecule has 2 aliphatic rings. The molecule has 2 aromatic heterocycles. The van der Waals surface area contributed by atoms with Crippen molar-refractivity contribution in [2.45, 2.75) is 56.7 Å². The van der Waals surface area contributed by atoms with Crippen molar-refractivity contribution in [1.82, 2.24) is 19.7 Å². The molecule has 5 nitrogen and oxygen atoms in total. The van der Waals surface area contributed by atoms with E-state index in [1.807, 2.05) is 36.4 Å². The highest BCUT2D eigenvalue weighted by molar-refractivity contribution is 6.30. The van der Waals surface area contributed by atoms with E-state index in [1.54, 1.807) is 6.20 Å². The van der Waals surface area contributed by atoms with Crippen LogP contribution in [0.25, 0.3) is 5.69 Å². The highest BCUT2D eigenvalue weighted by Crippen LogP contribution is 2.37. The SMILES string of the molecule is FC1Cc2cc(Cl)ccc2-n2c(nnc2C2CCC(Oc3ccccn3)CC2)C1. The number of rotatable bonds is 3. The smallest absolute Gasteiger partial charge is 0.213 e. The van der Waals surface area contributed by atoms with Gasteiger partial charge in [-0.05, 0) is 55.5 Å². The third-order valence-electron chi connectivity index (χ3n) is 5.85. The van der Waals surface area contributed by atoms with Crippen LogP contribution in [-0.2, 0) is 12.8 Å². The Kier molecular flexibility index (Phi) is 4.96. The first-order valence-corrected chi connectivity index (χ1v) is 10.5. The van der Waals surface area contributed by atoms with Crippen LogP contribution in [0.1, 0.15) is 48.8 Å². The lowest BCUT2D eigenvalue weighted by molar-refractivity contribution is 0.139. The average Bonchev–Trinajstić information content (AvgIpc) is 3.06. The lowest BCUT2D eigenvalue weighted by Gasteiger charge is -2.28. The fraction of sp³-hybridized carbons (Fsp3) is 0.409. The summed E-state index contributed by atoms with van der Waals surface area (Å²) in [4.78, 5) is 4.25. The number of hydrogen-bond acceptors (Lipinski definition) is 4. The van der Waals surface area contributed by atoms with Crippen molar-refractivity contribution >= 4 is 11.6 Å². The Bertz CT molecular complexity index is 1000. The molecule has 0 N–H and O–H groups in total. The number of benzene rings is 1. The summed E-state index contributed by atoms with van der Waals surface area (Å²) in [7, 11) is 0.